The van der Waals surface area contributed by atoms with Gasteiger partial charge in [-0.2, -0.15) is 10.2 Å². The SMILES string of the molecule is CCC(C(=O)Nc1ccn(Cc2cccc3ccccc23)n1)n1cc(Cl)cn1. The van der Waals surface area contributed by atoms with Gasteiger partial charge in [-0.3, -0.25) is 14.2 Å². The highest BCUT2D eigenvalue weighted by molar-refractivity contribution is 6.30. The first-order valence-electron chi connectivity index (χ1n) is 9.14. The van der Waals surface area contributed by atoms with Crippen LogP contribution in [0.15, 0.2) is 67.1 Å². The van der Waals surface area contributed by atoms with E-state index in [-0.39, 0.29) is 5.91 Å². The molecule has 4 aromatic rings. The summed E-state index contributed by atoms with van der Waals surface area (Å²) in [6.07, 6.45) is 5.63. The first kappa shape index (κ1) is 18.3. The van der Waals surface area contributed by atoms with Crippen molar-refractivity contribution in [3.63, 3.8) is 0 Å². The second kappa shape index (κ2) is 7.86. The lowest BCUT2D eigenvalue weighted by molar-refractivity contribution is -0.119. The van der Waals surface area contributed by atoms with Gasteiger partial charge in [-0.1, -0.05) is 61.0 Å². The summed E-state index contributed by atoms with van der Waals surface area (Å²) in [6, 6.07) is 15.9. The van der Waals surface area contributed by atoms with E-state index >= 15 is 0 Å². The number of carbonyl (C=O) groups excluding carboxylic acids is 1. The number of benzene rings is 2. The van der Waals surface area contributed by atoms with Crippen LogP contribution in [0.3, 0.4) is 0 Å². The zero-order valence-electron chi connectivity index (χ0n) is 15.4. The Morgan fingerprint density at radius 2 is 2.00 bits per heavy atom. The predicted molar refractivity (Wildman–Crippen MR) is 110 cm³/mol. The van der Waals surface area contributed by atoms with Crippen LogP contribution in [0.4, 0.5) is 5.82 Å². The molecule has 1 atom stereocenters. The molecule has 0 saturated heterocycles. The van der Waals surface area contributed by atoms with E-state index in [0.717, 1.165) is 0 Å². The summed E-state index contributed by atoms with van der Waals surface area (Å²) in [5, 5.41) is 14.4. The van der Waals surface area contributed by atoms with Crippen molar-refractivity contribution in [3.8, 4) is 0 Å². The van der Waals surface area contributed by atoms with Crippen LogP contribution >= 0.6 is 11.6 Å². The van der Waals surface area contributed by atoms with Crippen LogP contribution in [0.5, 0.6) is 0 Å². The average molecular weight is 394 g/mol. The molecule has 1 N–H and O–H groups in total. The number of rotatable bonds is 6. The maximum atomic E-state index is 12.6. The number of anilines is 1. The maximum Gasteiger partial charge on any atom is 0.250 e. The number of aromatic nitrogens is 4. The molecule has 2 heterocycles. The average Bonchev–Trinajstić information content (AvgIpc) is 3.32. The van der Waals surface area contributed by atoms with Crippen molar-refractivity contribution in [2.75, 3.05) is 5.32 Å². The van der Waals surface area contributed by atoms with Gasteiger partial charge < -0.3 is 5.32 Å². The molecule has 28 heavy (non-hydrogen) atoms. The van der Waals surface area contributed by atoms with Gasteiger partial charge in [0.05, 0.1) is 17.8 Å². The van der Waals surface area contributed by atoms with Crippen molar-refractivity contribution in [1.29, 1.82) is 0 Å². The van der Waals surface area contributed by atoms with Gasteiger partial charge in [0.25, 0.3) is 0 Å². The Bertz CT molecular complexity index is 1110. The van der Waals surface area contributed by atoms with Crippen molar-refractivity contribution >= 4 is 34.1 Å². The number of amides is 1. The van der Waals surface area contributed by atoms with Gasteiger partial charge in [0.1, 0.15) is 6.04 Å². The normalized spacial score (nSPS) is 12.2. The van der Waals surface area contributed by atoms with Gasteiger partial charge >= 0.3 is 0 Å². The monoisotopic (exact) mass is 393 g/mol. The van der Waals surface area contributed by atoms with Crippen LogP contribution in [0, 0.1) is 0 Å². The number of fused-ring (bicyclic) bond motifs is 1. The van der Waals surface area contributed by atoms with Gasteiger partial charge in [-0.25, -0.2) is 0 Å². The van der Waals surface area contributed by atoms with Crippen molar-refractivity contribution in [3.05, 3.63) is 77.7 Å². The molecular weight excluding hydrogens is 374 g/mol. The van der Waals surface area contributed by atoms with Gasteiger partial charge in [-0.05, 0) is 22.8 Å². The molecule has 0 bridgehead atoms. The quantitative estimate of drug-likeness (QED) is 0.523. The van der Waals surface area contributed by atoms with Crippen LogP contribution in [-0.4, -0.2) is 25.5 Å². The number of hydrogen-bond acceptors (Lipinski definition) is 3. The third-order valence-electron chi connectivity index (χ3n) is 4.68. The molecule has 0 aliphatic heterocycles. The van der Waals surface area contributed by atoms with Gasteiger partial charge in [0, 0.05) is 18.5 Å². The van der Waals surface area contributed by atoms with Gasteiger partial charge in [0.2, 0.25) is 5.91 Å². The lowest BCUT2D eigenvalue weighted by Gasteiger charge is -2.14. The van der Waals surface area contributed by atoms with Crippen molar-refractivity contribution in [2.45, 2.75) is 25.9 Å². The summed E-state index contributed by atoms with van der Waals surface area (Å²) in [4.78, 5) is 12.6. The van der Waals surface area contributed by atoms with Crippen LogP contribution in [-0.2, 0) is 11.3 Å². The van der Waals surface area contributed by atoms with Crippen LogP contribution in [0.2, 0.25) is 5.02 Å². The summed E-state index contributed by atoms with van der Waals surface area (Å²) in [5.74, 6) is 0.347. The molecule has 2 aromatic heterocycles. The molecule has 142 valence electrons. The Labute approximate surface area is 167 Å². The Hall–Kier alpha value is -3.12. The minimum absolute atomic E-state index is 0.169. The Balaban J connectivity index is 1.49. The highest BCUT2D eigenvalue weighted by Gasteiger charge is 2.20. The van der Waals surface area contributed by atoms with E-state index in [4.69, 9.17) is 11.6 Å². The fourth-order valence-corrected chi connectivity index (χ4v) is 3.45. The standard InChI is InChI=1S/C21H20ClN5O/c1-2-19(27-14-17(22)12-23-27)21(28)24-20-10-11-26(25-20)13-16-8-5-7-15-6-3-4-9-18(15)16/h3-12,14,19H,2,13H2,1H3,(H,24,25,28). The van der Waals surface area contributed by atoms with Crippen molar-refractivity contribution in [2.24, 2.45) is 0 Å². The molecule has 1 amide bonds. The minimum atomic E-state index is -0.435. The highest BCUT2D eigenvalue weighted by atomic mass is 35.5. The third kappa shape index (κ3) is 3.77. The van der Waals surface area contributed by atoms with Gasteiger partial charge in [0.15, 0.2) is 5.82 Å². The summed E-state index contributed by atoms with van der Waals surface area (Å²) in [5.41, 5.74) is 1.18. The molecule has 6 nitrogen and oxygen atoms in total. The van der Waals surface area contributed by atoms with E-state index in [2.05, 4.69) is 39.8 Å². The third-order valence-corrected chi connectivity index (χ3v) is 4.88. The fraction of sp³-hybridized carbons (Fsp3) is 0.190. The molecule has 0 saturated carbocycles. The van der Waals surface area contributed by atoms with Crippen molar-refractivity contribution < 1.29 is 4.79 Å². The number of nitrogens with one attached hydrogen (secondary N) is 1. The van der Waals surface area contributed by atoms with E-state index in [1.54, 1.807) is 16.9 Å². The molecule has 7 heteroatoms. The second-order valence-corrected chi connectivity index (χ2v) is 7.03. The van der Waals surface area contributed by atoms with E-state index in [1.165, 1.54) is 22.5 Å². The van der Waals surface area contributed by atoms with Crippen molar-refractivity contribution in [1.82, 2.24) is 19.6 Å². The molecule has 0 aliphatic carbocycles. The van der Waals surface area contributed by atoms with E-state index < -0.39 is 6.04 Å². The molecule has 0 radical (unpaired) electrons. The topological polar surface area (TPSA) is 64.7 Å². The van der Waals surface area contributed by atoms with Crippen LogP contribution < -0.4 is 5.32 Å². The maximum absolute atomic E-state index is 12.6. The molecular formula is C21H20ClN5O. The number of nitrogens with zero attached hydrogens (tertiary/aromatic N) is 4. The minimum Gasteiger partial charge on any atom is -0.307 e. The first-order valence-corrected chi connectivity index (χ1v) is 9.52. The zero-order chi connectivity index (χ0) is 19.5. The summed E-state index contributed by atoms with van der Waals surface area (Å²) in [6.45, 7) is 2.56. The molecule has 4 rings (SSSR count). The lowest BCUT2D eigenvalue weighted by Crippen LogP contribution is -2.26. The smallest absolute Gasteiger partial charge is 0.250 e. The first-order chi connectivity index (χ1) is 13.6. The molecule has 0 spiro atoms. The van der Waals surface area contributed by atoms with Crippen LogP contribution in [0.1, 0.15) is 24.9 Å². The summed E-state index contributed by atoms with van der Waals surface area (Å²) < 4.78 is 3.40. The number of carbonyl (C=O) groups is 1. The number of halogens is 1. The zero-order valence-corrected chi connectivity index (χ0v) is 16.2. The summed E-state index contributed by atoms with van der Waals surface area (Å²) in [7, 11) is 0. The predicted octanol–water partition coefficient (Wildman–Crippen LogP) is 4.52. The van der Waals surface area contributed by atoms with E-state index in [9.17, 15) is 4.79 Å². The largest absolute Gasteiger partial charge is 0.307 e. The highest BCUT2D eigenvalue weighted by Crippen LogP contribution is 2.20. The lowest BCUT2D eigenvalue weighted by atomic mass is 10.0. The Morgan fingerprint density at radius 1 is 1.18 bits per heavy atom. The Morgan fingerprint density at radius 3 is 2.79 bits per heavy atom. The van der Waals surface area contributed by atoms with Gasteiger partial charge in [-0.15, -0.1) is 0 Å². The second-order valence-electron chi connectivity index (χ2n) is 6.59. The Kier molecular flexibility index (Phi) is 5.12. The van der Waals surface area contributed by atoms with E-state index in [1.807, 2.05) is 36.0 Å². The van der Waals surface area contributed by atoms with E-state index in [0.29, 0.717) is 23.8 Å². The molecule has 0 fully saturated rings. The number of hydrogen-bond donors (Lipinski definition) is 1. The summed E-state index contributed by atoms with van der Waals surface area (Å²) >= 11 is 5.92. The molecule has 2 aromatic carbocycles. The van der Waals surface area contributed by atoms with Crippen LogP contribution in [0.25, 0.3) is 10.8 Å². The molecule has 1 unspecified atom stereocenters. The fourth-order valence-electron chi connectivity index (χ4n) is 3.31. The molecule has 0 aliphatic rings.